The molecule has 0 unspecified atom stereocenters. The number of benzene rings is 6. The highest BCUT2D eigenvalue weighted by Gasteiger charge is 2.23. The van der Waals surface area contributed by atoms with Gasteiger partial charge in [-0.1, -0.05) is 149 Å². The van der Waals surface area contributed by atoms with Crippen LogP contribution in [-0.4, -0.2) is 26.4 Å². The number of fused-ring (bicyclic) bond motifs is 8. The van der Waals surface area contributed by atoms with Gasteiger partial charge in [-0.25, -0.2) is 0 Å². The van der Waals surface area contributed by atoms with Crippen molar-refractivity contribution in [3.05, 3.63) is 188 Å². The molecule has 308 valence electrons. The maximum atomic E-state index is 6.79. The number of rotatable bonds is 16. The SMILES string of the molecule is CCCOc1c2cccc1Cc1cc(/C=C/c3ccccc3)cc(c1OCCC)Cc1cccc(c1OCCC)Cc1cc(C=Cc3ccccc3)cc(c1OCCC)C2. The van der Waals surface area contributed by atoms with Gasteiger partial charge in [-0.2, -0.15) is 0 Å². The lowest BCUT2D eigenvalue weighted by molar-refractivity contribution is 0.304. The molecule has 0 heterocycles. The number of ether oxygens (including phenoxy) is 4. The van der Waals surface area contributed by atoms with Crippen molar-refractivity contribution in [3.63, 3.8) is 0 Å². The molecule has 1 aliphatic carbocycles. The van der Waals surface area contributed by atoms with Crippen LogP contribution in [0.4, 0.5) is 0 Å². The Kier molecular flexibility index (Phi) is 15.0. The summed E-state index contributed by atoms with van der Waals surface area (Å²) in [5, 5.41) is 0. The fraction of sp³-hybridized carbons (Fsp3) is 0.286. The first kappa shape index (κ1) is 42.1. The molecule has 6 aromatic carbocycles. The molecule has 0 radical (unpaired) electrons. The van der Waals surface area contributed by atoms with Gasteiger partial charge in [0.25, 0.3) is 0 Å². The van der Waals surface area contributed by atoms with Crippen molar-refractivity contribution >= 4 is 24.3 Å². The van der Waals surface area contributed by atoms with E-state index < -0.39 is 0 Å². The van der Waals surface area contributed by atoms with Crippen LogP contribution < -0.4 is 18.9 Å². The first-order valence-corrected chi connectivity index (χ1v) is 22.1. The molecule has 1 aliphatic rings. The van der Waals surface area contributed by atoms with E-state index in [9.17, 15) is 0 Å². The lowest BCUT2D eigenvalue weighted by Gasteiger charge is -2.23. The second kappa shape index (κ2) is 21.3. The second-order valence-electron chi connectivity index (χ2n) is 15.7. The number of hydrogen-bond donors (Lipinski definition) is 0. The lowest BCUT2D eigenvalue weighted by atomic mass is 9.89. The zero-order valence-corrected chi connectivity index (χ0v) is 36.0. The topological polar surface area (TPSA) is 36.9 Å². The Morgan fingerprint density at radius 3 is 0.867 bits per heavy atom. The molecule has 0 N–H and O–H groups in total. The molecule has 4 nitrogen and oxygen atoms in total. The molecule has 7 rings (SSSR count). The largest absolute Gasteiger partial charge is 0.493 e. The summed E-state index contributed by atoms with van der Waals surface area (Å²) in [7, 11) is 0. The second-order valence-corrected chi connectivity index (χ2v) is 15.7. The lowest BCUT2D eigenvalue weighted by Crippen LogP contribution is -2.10. The van der Waals surface area contributed by atoms with Crippen molar-refractivity contribution in [1.82, 2.24) is 0 Å². The normalized spacial score (nSPS) is 12.5. The predicted molar refractivity (Wildman–Crippen MR) is 251 cm³/mol. The van der Waals surface area contributed by atoms with E-state index in [2.05, 4.69) is 173 Å². The van der Waals surface area contributed by atoms with Gasteiger partial charge in [-0.3, -0.25) is 0 Å². The van der Waals surface area contributed by atoms with Gasteiger partial charge in [-0.05, 0) is 117 Å². The molecule has 0 fully saturated rings. The maximum absolute atomic E-state index is 6.79. The number of hydrogen-bond acceptors (Lipinski definition) is 4. The quantitative estimate of drug-likeness (QED) is 0.0913. The minimum Gasteiger partial charge on any atom is -0.493 e. The van der Waals surface area contributed by atoms with Gasteiger partial charge in [-0.15, -0.1) is 0 Å². The van der Waals surface area contributed by atoms with Crippen LogP contribution in [0.5, 0.6) is 23.0 Å². The van der Waals surface area contributed by atoms with E-state index in [4.69, 9.17) is 18.9 Å². The molecule has 0 saturated carbocycles. The molecule has 4 heteroatoms. The Morgan fingerprint density at radius 1 is 0.317 bits per heavy atom. The molecule has 6 aromatic rings. The van der Waals surface area contributed by atoms with Gasteiger partial charge >= 0.3 is 0 Å². The van der Waals surface area contributed by atoms with Gasteiger partial charge in [0.05, 0.1) is 26.4 Å². The number of para-hydroxylation sites is 2. The van der Waals surface area contributed by atoms with Crippen molar-refractivity contribution in [1.29, 1.82) is 0 Å². The predicted octanol–water partition coefficient (Wildman–Crippen LogP) is 13.9. The zero-order chi connectivity index (χ0) is 41.5. The first-order chi connectivity index (χ1) is 29.6. The summed E-state index contributed by atoms with van der Waals surface area (Å²) in [6.45, 7) is 11.2. The Hall–Kier alpha value is -6.00. The van der Waals surface area contributed by atoms with E-state index in [1.807, 2.05) is 0 Å². The fourth-order valence-electron chi connectivity index (χ4n) is 8.01. The van der Waals surface area contributed by atoms with Crippen molar-refractivity contribution in [2.24, 2.45) is 0 Å². The monoisotopic (exact) mass is 796 g/mol. The van der Waals surface area contributed by atoms with Gasteiger partial charge in [0, 0.05) is 25.7 Å². The highest BCUT2D eigenvalue weighted by Crippen LogP contribution is 2.40. The summed E-state index contributed by atoms with van der Waals surface area (Å²) >= 11 is 0. The van der Waals surface area contributed by atoms with Crippen LogP contribution in [0.2, 0.25) is 0 Å². The average Bonchev–Trinajstić information content (AvgIpc) is 3.27. The molecule has 0 spiro atoms. The minimum atomic E-state index is 0.633. The minimum absolute atomic E-state index is 0.633. The van der Waals surface area contributed by atoms with Gasteiger partial charge in [0.2, 0.25) is 0 Å². The molecular formula is C56H60O4. The summed E-state index contributed by atoms with van der Waals surface area (Å²) in [5.74, 6) is 3.81. The molecule has 0 saturated heterocycles. The third-order valence-corrected chi connectivity index (χ3v) is 10.7. The van der Waals surface area contributed by atoms with E-state index >= 15 is 0 Å². The molecule has 0 aliphatic heterocycles. The van der Waals surface area contributed by atoms with Gasteiger partial charge in [0.15, 0.2) is 0 Å². The summed E-state index contributed by atoms with van der Waals surface area (Å²) in [6, 6.07) is 43.5. The third kappa shape index (κ3) is 10.8. The first-order valence-electron chi connectivity index (χ1n) is 22.1. The van der Waals surface area contributed by atoms with Crippen LogP contribution in [0.3, 0.4) is 0 Å². The molecule has 0 aromatic heterocycles. The van der Waals surface area contributed by atoms with E-state index in [-0.39, 0.29) is 0 Å². The van der Waals surface area contributed by atoms with Crippen molar-refractivity contribution in [2.75, 3.05) is 26.4 Å². The summed E-state index contributed by atoms with van der Waals surface area (Å²) in [6.07, 6.45) is 15.2. The molecule has 8 bridgehead atoms. The van der Waals surface area contributed by atoms with E-state index in [1.54, 1.807) is 0 Å². The van der Waals surface area contributed by atoms with Crippen molar-refractivity contribution < 1.29 is 18.9 Å². The smallest absolute Gasteiger partial charge is 0.126 e. The molecule has 0 amide bonds. The van der Waals surface area contributed by atoms with E-state index in [1.165, 1.54) is 0 Å². The Labute approximate surface area is 358 Å². The van der Waals surface area contributed by atoms with Crippen LogP contribution >= 0.6 is 0 Å². The zero-order valence-electron chi connectivity index (χ0n) is 36.0. The van der Waals surface area contributed by atoms with Crippen LogP contribution in [0.1, 0.15) is 120 Å². The van der Waals surface area contributed by atoms with Crippen LogP contribution in [-0.2, 0) is 25.7 Å². The van der Waals surface area contributed by atoms with E-state index in [0.717, 1.165) is 115 Å². The Bertz CT molecular complexity index is 2110. The highest BCUT2D eigenvalue weighted by molar-refractivity contribution is 5.73. The fourth-order valence-corrected chi connectivity index (χ4v) is 8.01. The van der Waals surface area contributed by atoms with E-state index in [0.29, 0.717) is 52.1 Å². The van der Waals surface area contributed by atoms with Gasteiger partial charge in [0.1, 0.15) is 23.0 Å². The van der Waals surface area contributed by atoms with Crippen LogP contribution in [0.15, 0.2) is 121 Å². The summed E-state index contributed by atoms with van der Waals surface area (Å²) in [4.78, 5) is 0. The average molecular weight is 797 g/mol. The van der Waals surface area contributed by atoms with Crippen LogP contribution in [0.25, 0.3) is 24.3 Å². The Balaban J connectivity index is 1.47. The molecule has 0 atom stereocenters. The van der Waals surface area contributed by atoms with Crippen molar-refractivity contribution in [3.8, 4) is 23.0 Å². The summed E-state index contributed by atoms with van der Waals surface area (Å²) in [5.41, 5.74) is 13.8. The van der Waals surface area contributed by atoms with Crippen LogP contribution in [0, 0.1) is 0 Å². The Morgan fingerprint density at radius 2 is 0.583 bits per heavy atom. The maximum Gasteiger partial charge on any atom is 0.126 e. The molecule has 60 heavy (non-hydrogen) atoms. The third-order valence-electron chi connectivity index (χ3n) is 10.7. The summed E-state index contributed by atoms with van der Waals surface area (Å²) < 4.78 is 27.1. The van der Waals surface area contributed by atoms with Crippen molar-refractivity contribution in [2.45, 2.75) is 79.1 Å². The van der Waals surface area contributed by atoms with Gasteiger partial charge < -0.3 is 18.9 Å². The highest BCUT2D eigenvalue weighted by atomic mass is 16.5. The molecular weight excluding hydrogens is 737 g/mol. The standard InChI is InChI=1S/C56H60O4/c1-5-29-57-53-45-21-15-22-46(53)38-50-34-44(28-26-42-19-13-10-14-20-42)36-52(56(50)60-32-8-4)40-48-24-16-23-47(54(48)58-30-6-2)39-51-35-43(27-25-41-17-11-9-12-18-41)33-49(37-45)55(51)59-31-7-3/h9-28,33-36H,5-8,29-32,37-40H2,1-4H3/b27-25+,28-26?.